The van der Waals surface area contributed by atoms with E-state index in [1.807, 2.05) is 6.08 Å². The van der Waals surface area contributed by atoms with Crippen LogP contribution in [-0.2, 0) is 31.2 Å². The highest BCUT2D eigenvalue weighted by molar-refractivity contribution is 7.94. The van der Waals surface area contributed by atoms with Gasteiger partial charge in [0.1, 0.15) is 17.5 Å². The minimum Gasteiger partial charge on any atom is -0.382 e. The van der Waals surface area contributed by atoms with Crippen LogP contribution in [0.2, 0.25) is 0 Å². The van der Waals surface area contributed by atoms with Crippen molar-refractivity contribution in [2.24, 2.45) is 0 Å². The maximum Gasteiger partial charge on any atom is 0.213 e. The standard InChI is InChI=1S/C26H22N2O6S2/c29-25-19-13-7-8-14-20(19)26(30)24-23(25)27-21(15-35(31,32)17-9-3-1-4-10-17)22(28-24)16-36(33,34)18-11-5-2-6-12-18/h1-5,7-11,13-14,26,30H,6,12,15-16H2/t26-/m0/s1. The zero-order chi connectivity index (χ0) is 25.5. The molecule has 0 fully saturated rings. The highest BCUT2D eigenvalue weighted by Gasteiger charge is 2.35. The van der Waals surface area contributed by atoms with Crippen LogP contribution in [-0.4, -0.2) is 37.7 Å². The van der Waals surface area contributed by atoms with Gasteiger partial charge in [-0.15, -0.1) is 0 Å². The van der Waals surface area contributed by atoms with Gasteiger partial charge in [-0.25, -0.2) is 26.8 Å². The number of aliphatic hydroxyl groups is 1. The molecular formula is C26H22N2O6S2. The van der Waals surface area contributed by atoms with Crippen molar-refractivity contribution in [2.45, 2.75) is 35.3 Å². The van der Waals surface area contributed by atoms with E-state index in [0.29, 0.717) is 18.4 Å². The fraction of sp³-hybridized carbons (Fsp3) is 0.192. The van der Waals surface area contributed by atoms with Crippen LogP contribution in [0, 0.1) is 0 Å². The lowest BCUT2D eigenvalue weighted by Crippen LogP contribution is -2.26. The molecule has 1 N–H and O–H groups in total. The predicted octanol–water partition coefficient (Wildman–Crippen LogP) is 3.23. The van der Waals surface area contributed by atoms with Crippen LogP contribution in [0.3, 0.4) is 0 Å². The van der Waals surface area contributed by atoms with E-state index in [9.17, 15) is 26.7 Å². The molecular weight excluding hydrogens is 500 g/mol. The summed E-state index contributed by atoms with van der Waals surface area (Å²) in [4.78, 5) is 22.1. The normalized spacial score (nSPS) is 17.3. The first kappa shape index (κ1) is 24.2. The van der Waals surface area contributed by atoms with E-state index in [4.69, 9.17) is 0 Å². The Kier molecular flexibility index (Phi) is 6.19. The summed E-state index contributed by atoms with van der Waals surface area (Å²) < 4.78 is 52.7. The summed E-state index contributed by atoms with van der Waals surface area (Å²) in [6.07, 6.45) is 4.62. The van der Waals surface area contributed by atoms with Gasteiger partial charge in [0.05, 0.1) is 27.8 Å². The monoisotopic (exact) mass is 522 g/mol. The average Bonchev–Trinajstić information content (AvgIpc) is 2.89. The number of hydrogen-bond donors (Lipinski definition) is 1. The number of benzene rings is 2. The van der Waals surface area contributed by atoms with Gasteiger partial charge in [0.25, 0.3) is 0 Å². The Morgan fingerprint density at radius 3 is 2.25 bits per heavy atom. The lowest BCUT2D eigenvalue weighted by atomic mass is 9.88. The number of carbonyl (C=O) groups excluding carboxylic acids is 1. The molecule has 2 aliphatic carbocycles. The summed E-state index contributed by atoms with van der Waals surface area (Å²) in [6, 6.07) is 14.2. The molecule has 2 aliphatic rings. The Balaban J connectivity index is 1.65. The molecule has 0 amide bonds. The molecule has 0 bridgehead atoms. The number of aliphatic hydroxyl groups excluding tert-OH is 1. The first-order chi connectivity index (χ1) is 17.2. The number of fused-ring (bicyclic) bond motifs is 2. The van der Waals surface area contributed by atoms with E-state index in [0.717, 1.165) is 0 Å². The molecule has 10 heteroatoms. The van der Waals surface area contributed by atoms with Crippen molar-refractivity contribution in [3.05, 3.63) is 112 Å². The van der Waals surface area contributed by atoms with Crippen molar-refractivity contribution in [2.75, 3.05) is 0 Å². The van der Waals surface area contributed by atoms with Crippen LogP contribution < -0.4 is 0 Å². The minimum atomic E-state index is -3.93. The van der Waals surface area contributed by atoms with Crippen molar-refractivity contribution in [3.63, 3.8) is 0 Å². The van der Waals surface area contributed by atoms with Crippen molar-refractivity contribution in [3.8, 4) is 0 Å². The fourth-order valence-corrected chi connectivity index (χ4v) is 7.15. The van der Waals surface area contributed by atoms with Gasteiger partial charge in [0, 0.05) is 10.5 Å². The molecule has 0 aliphatic heterocycles. The van der Waals surface area contributed by atoms with Crippen LogP contribution in [0.15, 0.2) is 82.6 Å². The van der Waals surface area contributed by atoms with Crippen molar-refractivity contribution < 1.29 is 26.7 Å². The Labute approximate surface area is 208 Å². The Morgan fingerprint density at radius 1 is 0.861 bits per heavy atom. The van der Waals surface area contributed by atoms with Gasteiger partial charge in [-0.05, 0) is 36.6 Å². The van der Waals surface area contributed by atoms with Crippen LogP contribution in [0.25, 0.3) is 0 Å². The number of hydrogen-bond acceptors (Lipinski definition) is 8. The first-order valence-corrected chi connectivity index (χ1v) is 14.6. The van der Waals surface area contributed by atoms with E-state index in [-0.39, 0.29) is 38.1 Å². The highest BCUT2D eigenvalue weighted by Crippen LogP contribution is 2.34. The number of allylic oxidation sites excluding steroid dienone is 4. The second kappa shape index (κ2) is 9.20. The van der Waals surface area contributed by atoms with E-state index < -0.39 is 43.1 Å². The Hall–Kier alpha value is -3.47. The van der Waals surface area contributed by atoms with Crippen LogP contribution in [0.5, 0.6) is 0 Å². The molecule has 36 heavy (non-hydrogen) atoms. The molecule has 3 aromatic rings. The topological polar surface area (TPSA) is 131 Å². The number of aromatic nitrogens is 2. The molecule has 2 aromatic carbocycles. The number of sulfone groups is 2. The Morgan fingerprint density at radius 2 is 1.53 bits per heavy atom. The average molecular weight is 523 g/mol. The molecule has 8 nitrogen and oxygen atoms in total. The van der Waals surface area contributed by atoms with Gasteiger partial charge >= 0.3 is 0 Å². The third-order valence-electron chi connectivity index (χ3n) is 6.18. The van der Waals surface area contributed by atoms with Gasteiger partial charge in [-0.2, -0.15) is 0 Å². The lowest BCUT2D eigenvalue weighted by Gasteiger charge is -2.24. The zero-order valence-electron chi connectivity index (χ0n) is 19.0. The number of carbonyl (C=O) groups is 1. The second-order valence-electron chi connectivity index (χ2n) is 8.60. The Bertz CT molecular complexity index is 1640. The smallest absolute Gasteiger partial charge is 0.213 e. The highest BCUT2D eigenvalue weighted by atomic mass is 32.2. The van der Waals surface area contributed by atoms with Crippen molar-refractivity contribution in [1.29, 1.82) is 0 Å². The van der Waals surface area contributed by atoms with E-state index in [1.165, 1.54) is 18.2 Å². The fourth-order valence-electron chi connectivity index (χ4n) is 4.33. The SMILES string of the molecule is O=C1c2ccccc2[C@H](O)c2nc(CS(=O)(=O)C3=CC=CCC3)c(CS(=O)(=O)c3ccccc3)nc21. The third kappa shape index (κ3) is 4.43. The molecule has 0 unspecified atom stereocenters. The quantitative estimate of drug-likeness (QED) is 0.522. The summed E-state index contributed by atoms with van der Waals surface area (Å²) in [7, 11) is -7.78. The van der Waals surface area contributed by atoms with Gasteiger partial charge in [-0.1, -0.05) is 54.6 Å². The summed E-state index contributed by atoms with van der Waals surface area (Å²) in [5.41, 5.74) is 0.0804. The number of nitrogens with zero attached hydrogens (tertiary/aromatic N) is 2. The zero-order valence-corrected chi connectivity index (χ0v) is 20.7. The minimum absolute atomic E-state index is 0.0372. The van der Waals surface area contributed by atoms with Crippen molar-refractivity contribution >= 4 is 25.5 Å². The van der Waals surface area contributed by atoms with Crippen LogP contribution in [0.1, 0.15) is 57.6 Å². The first-order valence-electron chi connectivity index (χ1n) is 11.2. The van der Waals surface area contributed by atoms with Crippen LogP contribution >= 0.6 is 0 Å². The molecule has 1 atom stereocenters. The molecule has 184 valence electrons. The molecule has 0 radical (unpaired) electrons. The summed E-state index contributed by atoms with van der Waals surface area (Å²) in [5, 5.41) is 11.0. The van der Waals surface area contributed by atoms with Gasteiger partial charge < -0.3 is 5.11 Å². The maximum atomic E-state index is 13.2. The second-order valence-corrected chi connectivity index (χ2v) is 12.6. The maximum absolute atomic E-state index is 13.2. The number of ketones is 1. The van der Waals surface area contributed by atoms with Gasteiger partial charge in [0.2, 0.25) is 5.78 Å². The molecule has 1 aromatic heterocycles. The summed E-state index contributed by atoms with van der Waals surface area (Å²) in [5.74, 6) is -1.76. The molecule has 5 rings (SSSR count). The lowest BCUT2D eigenvalue weighted by molar-refractivity contribution is 0.101. The van der Waals surface area contributed by atoms with Gasteiger partial charge in [0.15, 0.2) is 19.7 Å². The van der Waals surface area contributed by atoms with Crippen molar-refractivity contribution in [1.82, 2.24) is 9.97 Å². The summed E-state index contributed by atoms with van der Waals surface area (Å²) in [6.45, 7) is 0. The van der Waals surface area contributed by atoms with Crippen LogP contribution in [0.4, 0.5) is 0 Å². The molecule has 0 spiro atoms. The number of rotatable bonds is 6. The van der Waals surface area contributed by atoms with E-state index in [2.05, 4.69) is 9.97 Å². The predicted molar refractivity (Wildman–Crippen MR) is 132 cm³/mol. The largest absolute Gasteiger partial charge is 0.382 e. The van der Waals surface area contributed by atoms with Gasteiger partial charge in [-0.3, -0.25) is 4.79 Å². The molecule has 1 heterocycles. The third-order valence-corrected chi connectivity index (χ3v) is 9.62. The molecule has 0 saturated carbocycles. The summed E-state index contributed by atoms with van der Waals surface area (Å²) >= 11 is 0. The van der Waals surface area contributed by atoms with E-state index in [1.54, 1.807) is 48.5 Å². The van der Waals surface area contributed by atoms with E-state index >= 15 is 0 Å². The molecule has 0 saturated heterocycles.